The second-order valence-electron chi connectivity index (χ2n) is 6.54. The molecule has 0 spiro atoms. The summed E-state index contributed by atoms with van der Waals surface area (Å²) in [6, 6.07) is 6.53. The van der Waals surface area contributed by atoms with Gasteiger partial charge in [-0.2, -0.15) is 5.10 Å². The molecule has 1 N–H and O–H groups in total. The number of carbonyl (C=O) groups excluding carboxylic acids is 1. The van der Waals surface area contributed by atoms with Crippen molar-refractivity contribution in [1.29, 1.82) is 0 Å². The summed E-state index contributed by atoms with van der Waals surface area (Å²) in [5, 5.41) is 7.85. The van der Waals surface area contributed by atoms with Gasteiger partial charge in [0.25, 0.3) is 0 Å². The van der Waals surface area contributed by atoms with Crippen molar-refractivity contribution in [2.75, 3.05) is 12.4 Å². The number of fused-ring (bicyclic) bond motifs is 1. The van der Waals surface area contributed by atoms with Crippen molar-refractivity contribution < 1.29 is 13.9 Å². The van der Waals surface area contributed by atoms with Crippen LogP contribution in [0.5, 0.6) is 0 Å². The van der Waals surface area contributed by atoms with Gasteiger partial charge in [-0.25, -0.2) is 9.18 Å². The molecule has 0 saturated carbocycles. The van der Waals surface area contributed by atoms with E-state index in [1.165, 1.54) is 13.2 Å². The van der Waals surface area contributed by atoms with Crippen LogP contribution >= 0.6 is 0 Å². The minimum Gasteiger partial charge on any atom is -0.466 e. The average Bonchev–Trinajstić information content (AvgIpc) is 2.90. The highest BCUT2D eigenvalue weighted by atomic mass is 19.1. The maximum Gasteiger partial charge on any atom is 0.336 e. The molecule has 0 radical (unpaired) electrons. The van der Waals surface area contributed by atoms with Crippen LogP contribution in [0.1, 0.15) is 49.4 Å². The lowest BCUT2D eigenvalue weighted by Gasteiger charge is -2.29. The fraction of sp³-hybridized carbons (Fsp3) is 0.368. The van der Waals surface area contributed by atoms with Crippen molar-refractivity contribution in [2.24, 2.45) is 7.05 Å². The lowest BCUT2D eigenvalue weighted by molar-refractivity contribution is -0.136. The Morgan fingerprint density at radius 2 is 2.04 bits per heavy atom. The fourth-order valence-electron chi connectivity index (χ4n) is 3.43. The standard InChI is InChI=1S/C19H22FN3O2/c1-10(2)17-16-15(12-8-6-7-9-13(12)20)14(19(24)25-5)11(3)21-18(16)23(4)22-17/h6-10,15,21H,1-5H3. The number of rotatable bonds is 3. The first-order valence-electron chi connectivity index (χ1n) is 8.24. The number of halogens is 1. The number of benzene rings is 1. The molecule has 1 atom stereocenters. The molecule has 1 aliphatic rings. The quantitative estimate of drug-likeness (QED) is 0.864. The van der Waals surface area contributed by atoms with Crippen molar-refractivity contribution in [3.63, 3.8) is 0 Å². The second kappa shape index (κ2) is 6.35. The van der Waals surface area contributed by atoms with E-state index >= 15 is 0 Å². The van der Waals surface area contributed by atoms with Crippen molar-refractivity contribution in [2.45, 2.75) is 32.6 Å². The van der Waals surface area contributed by atoms with Crippen molar-refractivity contribution in [3.05, 3.63) is 58.2 Å². The van der Waals surface area contributed by atoms with Crippen LogP contribution in [0, 0.1) is 5.82 Å². The minimum absolute atomic E-state index is 0.128. The van der Waals surface area contributed by atoms with E-state index in [-0.39, 0.29) is 11.7 Å². The number of aromatic nitrogens is 2. The lowest BCUT2D eigenvalue weighted by atomic mass is 9.80. The van der Waals surface area contributed by atoms with E-state index in [1.807, 2.05) is 20.9 Å². The van der Waals surface area contributed by atoms with Gasteiger partial charge in [0.15, 0.2) is 0 Å². The van der Waals surface area contributed by atoms with E-state index in [0.29, 0.717) is 16.8 Å². The Morgan fingerprint density at radius 1 is 1.36 bits per heavy atom. The first-order chi connectivity index (χ1) is 11.9. The summed E-state index contributed by atoms with van der Waals surface area (Å²) in [7, 11) is 3.18. The highest BCUT2D eigenvalue weighted by Crippen LogP contribution is 2.45. The van der Waals surface area contributed by atoms with Gasteiger partial charge in [-0.15, -0.1) is 0 Å². The number of nitrogens with one attached hydrogen (secondary N) is 1. The summed E-state index contributed by atoms with van der Waals surface area (Å²) < 4.78 is 21.4. The minimum atomic E-state index is -0.559. The number of nitrogens with zero attached hydrogens (tertiary/aromatic N) is 2. The maximum absolute atomic E-state index is 14.7. The van der Waals surface area contributed by atoms with E-state index in [1.54, 1.807) is 29.8 Å². The lowest BCUT2D eigenvalue weighted by Crippen LogP contribution is -2.25. The van der Waals surface area contributed by atoms with Gasteiger partial charge in [-0.05, 0) is 18.9 Å². The van der Waals surface area contributed by atoms with E-state index in [4.69, 9.17) is 4.74 Å². The number of allylic oxidation sites excluding steroid dienone is 1. The van der Waals surface area contributed by atoms with Gasteiger partial charge in [0.05, 0.1) is 24.3 Å². The van der Waals surface area contributed by atoms with Gasteiger partial charge in [-0.1, -0.05) is 32.0 Å². The predicted molar refractivity (Wildman–Crippen MR) is 93.9 cm³/mol. The predicted octanol–water partition coefficient (Wildman–Crippen LogP) is 3.69. The molecule has 25 heavy (non-hydrogen) atoms. The average molecular weight is 343 g/mol. The summed E-state index contributed by atoms with van der Waals surface area (Å²) in [6.45, 7) is 5.86. The molecule has 2 heterocycles. The Labute approximate surface area is 146 Å². The highest BCUT2D eigenvalue weighted by molar-refractivity contribution is 5.94. The molecule has 0 amide bonds. The Hall–Kier alpha value is -2.63. The topological polar surface area (TPSA) is 56.1 Å². The van der Waals surface area contributed by atoms with Crippen molar-refractivity contribution in [3.8, 4) is 0 Å². The van der Waals surface area contributed by atoms with Crippen LogP contribution in [0.3, 0.4) is 0 Å². The second-order valence-corrected chi connectivity index (χ2v) is 6.54. The SMILES string of the molecule is COC(=O)C1=C(C)Nc2c(c(C(C)C)nn2C)C1c1ccccc1F. The molecule has 1 unspecified atom stereocenters. The highest BCUT2D eigenvalue weighted by Gasteiger charge is 2.38. The smallest absolute Gasteiger partial charge is 0.336 e. The monoisotopic (exact) mass is 343 g/mol. The molecule has 0 fully saturated rings. The summed E-state index contributed by atoms with van der Waals surface area (Å²) in [4.78, 5) is 12.5. The van der Waals surface area contributed by atoms with E-state index in [2.05, 4.69) is 10.4 Å². The summed E-state index contributed by atoms with van der Waals surface area (Å²) in [5.74, 6) is -0.475. The van der Waals surface area contributed by atoms with Crippen LogP contribution in [0.15, 0.2) is 35.5 Å². The Balaban J connectivity index is 2.34. The molecule has 1 aromatic carbocycles. The number of anilines is 1. The van der Waals surface area contributed by atoms with E-state index in [0.717, 1.165) is 17.1 Å². The molecule has 132 valence electrons. The van der Waals surface area contributed by atoms with Crippen LogP contribution in [-0.4, -0.2) is 22.9 Å². The van der Waals surface area contributed by atoms with Crippen LogP contribution in [0.25, 0.3) is 0 Å². The number of esters is 1. The van der Waals surface area contributed by atoms with E-state index in [9.17, 15) is 9.18 Å². The molecule has 1 aliphatic heterocycles. The Morgan fingerprint density at radius 3 is 2.64 bits per heavy atom. The zero-order valence-electron chi connectivity index (χ0n) is 15.1. The number of carbonyl (C=O) groups is 1. The molecule has 1 aromatic heterocycles. The van der Waals surface area contributed by atoms with Crippen LogP contribution in [-0.2, 0) is 16.6 Å². The largest absolute Gasteiger partial charge is 0.466 e. The third kappa shape index (κ3) is 2.71. The number of methoxy groups -OCH3 is 1. The number of aryl methyl sites for hydroxylation is 1. The zero-order chi connectivity index (χ0) is 18.3. The third-order valence-electron chi connectivity index (χ3n) is 4.57. The van der Waals surface area contributed by atoms with Crippen molar-refractivity contribution >= 4 is 11.8 Å². The molecule has 0 saturated heterocycles. The molecular formula is C19H22FN3O2. The van der Waals surface area contributed by atoms with Gasteiger partial charge < -0.3 is 10.1 Å². The van der Waals surface area contributed by atoms with Crippen molar-refractivity contribution in [1.82, 2.24) is 9.78 Å². The summed E-state index contributed by atoms with van der Waals surface area (Å²) in [6.07, 6.45) is 0. The summed E-state index contributed by atoms with van der Waals surface area (Å²) >= 11 is 0. The van der Waals surface area contributed by atoms with E-state index < -0.39 is 11.9 Å². The van der Waals surface area contributed by atoms with Gasteiger partial charge in [0, 0.05) is 23.9 Å². The third-order valence-corrected chi connectivity index (χ3v) is 4.57. The van der Waals surface area contributed by atoms with Crippen LogP contribution in [0.4, 0.5) is 10.2 Å². The first-order valence-corrected chi connectivity index (χ1v) is 8.24. The van der Waals surface area contributed by atoms with Crippen LogP contribution in [0.2, 0.25) is 0 Å². The molecule has 3 rings (SSSR count). The van der Waals surface area contributed by atoms with Gasteiger partial charge in [0.1, 0.15) is 11.6 Å². The van der Waals surface area contributed by atoms with Crippen LogP contribution < -0.4 is 5.32 Å². The van der Waals surface area contributed by atoms with Gasteiger partial charge in [0.2, 0.25) is 0 Å². The Kier molecular flexibility index (Phi) is 4.37. The summed E-state index contributed by atoms with van der Waals surface area (Å²) in [5.41, 5.74) is 3.17. The molecule has 5 nitrogen and oxygen atoms in total. The van der Waals surface area contributed by atoms with Gasteiger partial charge in [-0.3, -0.25) is 4.68 Å². The molecular weight excluding hydrogens is 321 g/mol. The normalized spacial score (nSPS) is 16.7. The molecule has 6 heteroatoms. The maximum atomic E-state index is 14.7. The molecule has 0 aliphatic carbocycles. The Bertz CT molecular complexity index is 868. The molecule has 2 aromatic rings. The molecule has 0 bridgehead atoms. The number of hydrogen-bond donors (Lipinski definition) is 1. The fourth-order valence-corrected chi connectivity index (χ4v) is 3.43. The van der Waals surface area contributed by atoms with Gasteiger partial charge >= 0.3 is 5.97 Å². The first kappa shape index (κ1) is 17.2. The number of hydrogen-bond acceptors (Lipinski definition) is 4. The zero-order valence-corrected chi connectivity index (χ0v) is 15.1. The number of ether oxygens (including phenoxy) is 1.